The van der Waals surface area contributed by atoms with Crippen molar-refractivity contribution in [3.63, 3.8) is 0 Å². The second kappa shape index (κ2) is 14.2. The molecule has 250 valence electrons. The SMILES string of the molecule is CCN1C(=CC=Cc2n(CC)c3cc(Cl)c(Cl)cc3[n+]2Cc2ccc(C(=O)[O-])cc2)N(Cc2ccc(C(=O)[O-])cc2)c2cc(Cl)c(Cl)cc21. The van der Waals surface area contributed by atoms with Crippen LogP contribution in [0.25, 0.3) is 17.1 Å². The number of aromatic carboxylic acids is 2. The summed E-state index contributed by atoms with van der Waals surface area (Å²) in [6.45, 7) is 6.23. The van der Waals surface area contributed by atoms with Gasteiger partial charge in [0, 0.05) is 31.3 Å². The van der Waals surface area contributed by atoms with Crippen LogP contribution in [0.3, 0.4) is 0 Å². The topological polar surface area (TPSA) is 95.6 Å². The van der Waals surface area contributed by atoms with E-state index in [-0.39, 0.29) is 11.1 Å². The van der Waals surface area contributed by atoms with Gasteiger partial charge in [-0.15, -0.1) is 0 Å². The van der Waals surface area contributed by atoms with Crippen LogP contribution in [0.1, 0.15) is 51.5 Å². The quantitative estimate of drug-likeness (QED) is 0.148. The largest absolute Gasteiger partial charge is 0.545 e. The zero-order valence-corrected chi connectivity index (χ0v) is 29.4. The second-order valence-electron chi connectivity index (χ2n) is 11.4. The van der Waals surface area contributed by atoms with Crippen molar-refractivity contribution in [2.24, 2.45) is 0 Å². The van der Waals surface area contributed by atoms with E-state index in [9.17, 15) is 19.8 Å². The number of carboxylic acids is 2. The molecule has 0 spiro atoms. The normalized spacial score (nSPS) is 13.6. The van der Waals surface area contributed by atoms with Gasteiger partial charge in [-0.25, -0.2) is 9.13 Å². The summed E-state index contributed by atoms with van der Waals surface area (Å²) in [5.74, 6) is -0.733. The highest BCUT2D eigenvalue weighted by molar-refractivity contribution is 6.43. The molecule has 0 saturated heterocycles. The molecule has 5 aromatic rings. The van der Waals surface area contributed by atoms with Gasteiger partial charge in [-0.2, -0.15) is 0 Å². The molecule has 2 heterocycles. The molecule has 4 aromatic carbocycles. The molecule has 49 heavy (non-hydrogen) atoms. The van der Waals surface area contributed by atoms with Crippen molar-refractivity contribution in [1.82, 2.24) is 4.57 Å². The van der Waals surface area contributed by atoms with Crippen molar-refractivity contribution in [3.8, 4) is 0 Å². The van der Waals surface area contributed by atoms with E-state index in [0.717, 1.165) is 45.2 Å². The Kier molecular flexibility index (Phi) is 9.95. The number of hydrogen-bond donors (Lipinski definition) is 0. The molecule has 1 aliphatic heterocycles. The summed E-state index contributed by atoms with van der Waals surface area (Å²) in [4.78, 5) is 26.9. The first kappa shape index (κ1) is 34.4. The van der Waals surface area contributed by atoms with E-state index in [1.54, 1.807) is 24.3 Å². The summed E-state index contributed by atoms with van der Waals surface area (Å²) in [7, 11) is 0. The molecule has 0 radical (unpaired) electrons. The molecule has 1 aromatic heterocycles. The Morgan fingerprint density at radius 3 is 1.80 bits per heavy atom. The molecular formula is C37H29Cl4N4O4-. The Hall–Kier alpha value is -4.47. The summed E-state index contributed by atoms with van der Waals surface area (Å²) in [5.41, 5.74) is 5.49. The fraction of sp³-hybridized carbons (Fsp3) is 0.162. The van der Waals surface area contributed by atoms with E-state index in [4.69, 9.17) is 46.4 Å². The Morgan fingerprint density at radius 1 is 0.714 bits per heavy atom. The molecule has 8 nitrogen and oxygen atoms in total. The molecule has 0 aliphatic carbocycles. The summed E-state index contributed by atoms with van der Waals surface area (Å²) >= 11 is 26.0. The highest BCUT2D eigenvalue weighted by Gasteiger charge is 2.31. The average Bonchev–Trinajstić information content (AvgIpc) is 3.51. The van der Waals surface area contributed by atoms with Crippen LogP contribution < -0.4 is 24.6 Å². The molecule has 12 heteroatoms. The van der Waals surface area contributed by atoms with Crippen LogP contribution in [0.15, 0.2) is 90.8 Å². The first-order valence-electron chi connectivity index (χ1n) is 15.4. The standard InChI is InChI=1S/C37H30Cl4N4O4/c1-3-42-30-16-26(38)28(40)18-32(30)44(20-22-8-12-24(13-9-22)36(46)47)34(42)6-5-7-35-43(4-2)31-17-27(39)29(41)19-33(31)45(35)21-23-10-14-25(15-11-23)37(48)49/h5-19H,3-4,20-21H2,1-2H3,(H-,46,47,48,49)/p-1. The lowest BCUT2D eigenvalue weighted by Gasteiger charge is -2.24. The Labute approximate surface area is 303 Å². The molecule has 6 rings (SSSR count). The van der Waals surface area contributed by atoms with Gasteiger partial charge >= 0.3 is 0 Å². The van der Waals surface area contributed by atoms with Crippen LogP contribution in [-0.4, -0.2) is 23.1 Å². The zero-order chi connectivity index (χ0) is 35.0. The Bertz CT molecular complexity index is 2160. The van der Waals surface area contributed by atoms with Crippen molar-refractivity contribution in [1.29, 1.82) is 0 Å². The summed E-state index contributed by atoms with van der Waals surface area (Å²) in [5, 5.41) is 24.4. The van der Waals surface area contributed by atoms with Crippen LogP contribution in [0.5, 0.6) is 0 Å². The first-order valence-corrected chi connectivity index (χ1v) is 17.0. The number of rotatable bonds is 10. The Morgan fingerprint density at radius 2 is 1.24 bits per heavy atom. The van der Waals surface area contributed by atoms with Crippen LogP contribution in [0.4, 0.5) is 11.4 Å². The smallest absolute Gasteiger partial charge is 0.282 e. The minimum absolute atomic E-state index is 0.103. The lowest BCUT2D eigenvalue weighted by molar-refractivity contribution is -0.665. The van der Waals surface area contributed by atoms with Crippen molar-refractivity contribution in [2.75, 3.05) is 16.3 Å². The van der Waals surface area contributed by atoms with Gasteiger partial charge in [0.25, 0.3) is 5.82 Å². The molecule has 0 amide bonds. The third-order valence-corrected chi connectivity index (χ3v) is 9.93. The number of nitrogens with zero attached hydrogens (tertiary/aromatic N) is 4. The summed E-state index contributed by atoms with van der Waals surface area (Å²) in [6.07, 6.45) is 5.99. The van der Waals surface area contributed by atoms with E-state index in [1.165, 1.54) is 24.3 Å². The maximum absolute atomic E-state index is 11.3. The number of anilines is 2. The Balaban J connectivity index is 1.45. The van der Waals surface area contributed by atoms with Gasteiger partial charge in [-0.05, 0) is 54.3 Å². The lowest BCUT2D eigenvalue weighted by Crippen LogP contribution is -2.37. The van der Waals surface area contributed by atoms with Crippen LogP contribution in [0, 0.1) is 0 Å². The number of allylic oxidation sites excluding steroid dienone is 2. The van der Waals surface area contributed by atoms with Crippen LogP contribution in [-0.2, 0) is 19.6 Å². The fourth-order valence-corrected chi connectivity index (χ4v) is 6.77. The number of carbonyl (C=O) groups excluding carboxylic acids is 2. The van der Waals surface area contributed by atoms with Gasteiger partial charge < -0.3 is 29.6 Å². The molecule has 0 atom stereocenters. The molecule has 0 bridgehead atoms. The molecule has 0 saturated carbocycles. The number of aryl methyl sites for hydroxylation is 1. The van der Waals surface area contributed by atoms with E-state index in [0.29, 0.717) is 46.3 Å². The predicted octanol–water partition coefficient (Wildman–Crippen LogP) is 6.74. The van der Waals surface area contributed by atoms with E-state index in [1.807, 2.05) is 56.3 Å². The second-order valence-corrected chi connectivity index (χ2v) is 13.0. The predicted molar refractivity (Wildman–Crippen MR) is 191 cm³/mol. The minimum Gasteiger partial charge on any atom is -0.545 e. The van der Waals surface area contributed by atoms with Crippen LogP contribution >= 0.6 is 46.4 Å². The number of imidazole rings is 1. The maximum atomic E-state index is 11.3. The molecule has 0 fully saturated rings. The summed E-state index contributed by atoms with van der Waals surface area (Å²) < 4.78 is 4.25. The minimum atomic E-state index is -1.23. The zero-order valence-electron chi connectivity index (χ0n) is 26.4. The van der Waals surface area contributed by atoms with Gasteiger partial charge in [0.1, 0.15) is 12.4 Å². The van der Waals surface area contributed by atoms with E-state index in [2.05, 4.69) is 18.9 Å². The molecular weight excluding hydrogens is 706 g/mol. The fourth-order valence-electron chi connectivity index (χ4n) is 6.14. The third-order valence-electron chi connectivity index (χ3n) is 8.49. The van der Waals surface area contributed by atoms with Crippen molar-refractivity contribution >= 4 is 86.8 Å². The summed E-state index contributed by atoms with van der Waals surface area (Å²) in [6, 6.07) is 20.6. The monoisotopic (exact) mass is 733 g/mol. The third kappa shape index (κ3) is 6.74. The average molecular weight is 735 g/mol. The highest BCUT2D eigenvalue weighted by atomic mass is 35.5. The van der Waals surface area contributed by atoms with E-state index >= 15 is 0 Å². The number of carbonyl (C=O) groups is 2. The van der Waals surface area contributed by atoms with Crippen molar-refractivity contribution in [3.05, 3.63) is 139 Å². The van der Waals surface area contributed by atoms with Gasteiger partial charge in [-0.1, -0.05) is 101 Å². The maximum Gasteiger partial charge on any atom is 0.282 e. The number of aromatic nitrogens is 2. The van der Waals surface area contributed by atoms with Gasteiger partial charge in [0.15, 0.2) is 11.0 Å². The number of hydrogen-bond acceptors (Lipinski definition) is 6. The lowest BCUT2D eigenvalue weighted by atomic mass is 10.1. The van der Waals surface area contributed by atoms with E-state index < -0.39 is 11.9 Å². The van der Waals surface area contributed by atoms with Crippen LogP contribution in [0.2, 0.25) is 20.1 Å². The molecule has 1 aliphatic rings. The first-order chi connectivity index (χ1) is 23.5. The van der Waals surface area contributed by atoms with Crippen molar-refractivity contribution < 1.29 is 24.4 Å². The van der Waals surface area contributed by atoms with Gasteiger partial charge in [0.2, 0.25) is 0 Å². The number of fused-ring (bicyclic) bond motifs is 2. The molecule has 0 unspecified atom stereocenters. The molecule has 0 N–H and O–H groups in total. The highest BCUT2D eigenvalue weighted by Crippen LogP contribution is 2.46. The van der Waals surface area contributed by atoms with Crippen molar-refractivity contribution in [2.45, 2.75) is 33.5 Å². The van der Waals surface area contributed by atoms with Gasteiger partial charge in [0.05, 0.1) is 49.9 Å². The van der Waals surface area contributed by atoms with Gasteiger partial charge in [-0.3, -0.25) is 0 Å². The number of carboxylic acid groups (broad SMARTS) is 2. The number of halogens is 4. The number of benzene rings is 4.